The Labute approximate surface area is 150 Å². The van der Waals surface area contributed by atoms with E-state index < -0.39 is 19.9 Å². The Hall–Kier alpha value is -0.670. The molecular formula is C15H25ClN2O4S2. The van der Waals surface area contributed by atoms with Gasteiger partial charge in [-0.1, -0.05) is 6.92 Å². The van der Waals surface area contributed by atoms with Crippen molar-refractivity contribution in [2.45, 2.75) is 43.0 Å². The summed E-state index contributed by atoms with van der Waals surface area (Å²) >= 11 is 0. The van der Waals surface area contributed by atoms with Crippen molar-refractivity contribution in [3.63, 3.8) is 0 Å². The first-order valence-corrected chi connectivity index (χ1v) is 10.9. The van der Waals surface area contributed by atoms with Gasteiger partial charge in [0.15, 0.2) is 9.84 Å². The standard InChI is InChI=1S/C15H24N2O4S2.ClH/c1-10-7-14(22(4,18)19)12(3)15(8-10)23(20,21)17-13-9-16-6-5-11(13)2;/h7-8,11,13,16-17H,5-6,9H2,1-4H3;1H. The van der Waals surface area contributed by atoms with Crippen LogP contribution in [0.4, 0.5) is 0 Å². The van der Waals surface area contributed by atoms with Crippen LogP contribution in [0.15, 0.2) is 21.9 Å². The molecule has 1 fully saturated rings. The van der Waals surface area contributed by atoms with Gasteiger partial charge in [-0.25, -0.2) is 21.6 Å². The lowest BCUT2D eigenvalue weighted by Crippen LogP contribution is -2.50. The van der Waals surface area contributed by atoms with Crippen molar-refractivity contribution in [1.82, 2.24) is 10.0 Å². The van der Waals surface area contributed by atoms with Crippen LogP contribution in [0.25, 0.3) is 0 Å². The smallest absolute Gasteiger partial charge is 0.241 e. The lowest BCUT2D eigenvalue weighted by molar-refractivity contribution is 0.327. The SMILES string of the molecule is Cc1cc(S(C)(=O)=O)c(C)c(S(=O)(=O)NC2CNCCC2C)c1.Cl. The van der Waals surface area contributed by atoms with Crippen molar-refractivity contribution in [2.24, 2.45) is 5.92 Å². The zero-order chi connectivity index (χ0) is 17.4. The molecule has 1 heterocycles. The summed E-state index contributed by atoms with van der Waals surface area (Å²) in [6, 6.07) is 2.83. The van der Waals surface area contributed by atoms with E-state index in [1.165, 1.54) is 19.1 Å². The third-order valence-corrected chi connectivity index (χ3v) is 7.12. The Kier molecular flexibility index (Phi) is 6.85. The highest BCUT2D eigenvalue weighted by molar-refractivity contribution is 7.91. The fraction of sp³-hybridized carbons (Fsp3) is 0.600. The Morgan fingerprint density at radius 2 is 1.71 bits per heavy atom. The number of piperidine rings is 1. The minimum atomic E-state index is -3.78. The molecule has 6 nitrogen and oxygen atoms in total. The highest BCUT2D eigenvalue weighted by atomic mass is 35.5. The summed E-state index contributed by atoms with van der Waals surface area (Å²) in [5, 5.41) is 3.18. The molecule has 2 unspecified atom stereocenters. The van der Waals surface area contributed by atoms with Gasteiger partial charge in [0.05, 0.1) is 9.79 Å². The predicted molar refractivity (Wildman–Crippen MR) is 97.0 cm³/mol. The van der Waals surface area contributed by atoms with Crippen molar-refractivity contribution in [3.05, 3.63) is 23.3 Å². The first kappa shape index (κ1) is 21.4. The average molecular weight is 397 g/mol. The molecule has 0 amide bonds. The normalized spacial score (nSPS) is 22.0. The molecule has 138 valence electrons. The molecule has 1 saturated heterocycles. The lowest BCUT2D eigenvalue weighted by atomic mass is 9.96. The third-order valence-electron chi connectivity index (χ3n) is 4.28. The van der Waals surface area contributed by atoms with Gasteiger partial charge >= 0.3 is 0 Å². The van der Waals surface area contributed by atoms with Gasteiger partial charge in [-0.3, -0.25) is 0 Å². The summed E-state index contributed by atoms with van der Waals surface area (Å²) in [6.45, 7) is 6.69. The van der Waals surface area contributed by atoms with E-state index in [0.29, 0.717) is 12.1 Å². The van der Waals surface area contributed by atoms with Gasteiger partial charge in [0.25, 0.3) is 0 Å². The van der Waals surface area contributed by atoms with E-state index in [1.54, 1.807) is 6.92 Å². The van der Waals surface area contributed by atoms with Gasteiger partial charge in [-0.15, -0.1) is 12.4 Å². The zero-order valence-electron chi connectivity index (χ0n) is 14.3. The van der Waals surface area contributed by atoms with Crippen molar-refractivity contribution in [3.8, 4) is 0 Å². The highest BCUT2D eigenvalue weighted by Gasteiger charge is 2.29. The van der Waals surface area contributed by atoms with Crippen LogP contribution in [0.5, 0.6) is 0 Å². The molecule has 0 saturated carbocycles. The molecule has 1 aliphatic rings. The van der Waals surface area contributed by atoms with Gasteiger partial charge < -0.3 is 5.32 Å². The minimum absolute atomic E-state index is 0. The van der Waals surface area contributed by atoms with Gasteiger partial charge in [0, 0.05) is 18.8 Å². The minimum Gasteiger partial charge on any atom is -0.315 e. The molecule has 0 radical (unpaired) electrons. The second kappa shape index (κ2) is 7.70. The maximum atomic E-state index is 12.8. The Morgan fingerprint density at radius 3 is 2.25 bits per heavy atom. The van der Waals surface area contributed by atoms with Gasteiger partial charge in [0.1, 0.15) is 0 Å². The maximum absolute atomic E-state index is 12.8. The van der Waals surface area contributed by atoms with E-state index in [9.17, 15) is 16.8 Å². The third kappa shape index (κ3) is 4.70. The van der Waals surface area contributed by atoms with Gasteiger partial charge in [-0.2, -0.15) is 0 Å². The van der Waals surface area contributed by atoms with E-state index in [4.69, 9.17) is 0 Å². The summed E-state index contributed by atoms with van der Waals surface area (Å²) in [4.78, 5) is 0.100. The summed E-state index contributed by atoms with van der Waals surface area (Å²) < 4.78 is 52.1. The molecule has 1 aliphatic heterocycles. The lowest BCUT2D eigenvalue weighted by Gasteiger charge is -2.30. The molecule has 0 aliphatic carbocycles. The highest BCUT2D eigenvalue weighted by Crippen LogP contribution is 2.26. The summed E-state index contributed by atoms with van der Waals surface area (Å²) in [7, 11) is -7.27. The number of rotatable bonds is 4. The van der Waals surface area contributed by atoms with Crippen LogP contribution in [0, 0.1) is 19.8 Å². The van der Waals surface area contributed by atoms with Crippen LogP contribution in [-0.4, -0.2) is 42.2 Å². The predicted octanol–water partition coefficient (Wildman–Crippen LogP) is 1.41. The Bertz CT molecular complexity index is 807. The van der Waals surface area contributed by atoms with Crippen molar-refractivity contribution in [2.75, 3.05) is 19.3 Å². The molecule has 1 aromatic rings. The molecular weight excluding hydrogens is 372 g/mol. The van der Waals surface area contributed by atoms with E-state index in [1.807, 2.05) is 6.92 Å². The number of hydrogen-bond donors (Lipinski definition) is 2. The molecule has 0 aromatic heterocycles. The fourth-order valence-electron chi connectivity index (χ4n) is 2.87. The fourth-order valence-corrected chi connectivity index (χ4v) is 5.69. The first-order chi connectivity index (χ1) is 10.5. The Balaban J connectivity index is 0.00000288. The van der Waals surface area contributed by atoms with Gasteiger partial charge in [-0.05, 0) is 56.0 Å². The maximum Gasteiger partial charge on any atom is 0.241 e. The van der Waals surface area contributed by atoms with Crippen molar-refractivity contribution >= 4 is 32.3 Å². The number of hydrogen-bond acceptors (Lipinski definition) is 5. The van der Waals surface area contributed by atoms with Crippen LogP contribution >= 0.6 is 12.4 Å². The molecule has 1 aromatic carbocycles. The van der Waals surface area contributed by atoms with Crippen LogP contribution in [0.1, 0.15) is 24.5 Å². The van der Waals surface area contributed by atoms with E-state index in [0.717, 1.165) is 19.2 Å². The molecule has 9 heteroatoms. The number of sulfone groups is 1. The van der Waals surface area contributed by atoms with Crippen molar-refractivity contribution < 1.29 is 16.8 Å². The second-order valence-electron chi connectivity index (χ2n) is 6.36. The quantitative estimate of drug-likeness (QED) is 0.802. The summed E-state index contributed by atoms with van der Waals surface area (Å²) in [6.07, 6.45) is 1.99. The molecule has 0 spiro atoms. The molecule has 2 atom stereocenters. The Morgan fingerprint density at radius 1 is 1.12 bits per heavy atom. The van der Waals surface area contributed by atoms with Crippen LogP contribution in [0.2, 0.25) is 0 Å². The largest absolute Gasteiger partial charge is 0.315 e. The van der Waals surface area contributed by atoms with Gasteiger partial charge in [0.2, 0.25) is 10.0 Å². The van der Waals surface area contributed by atoms with Crippen LogP contribution in [0.3, 0.4) is 0 Å². The van der Waals surface area contributed by atoms with E-state index in [2.05, 4.69) is 10.0 Å². The first-order valence-electron chi connectivity index (χ1n) is 7.56. The number of nitrogens with one attached hydrogen (secondary N) is 2. The molecule has 2 N–H and O–H groups in total. The average Bonchev–Trinajstić information content (AvgIpc) is 2.42. The zero-order valence-corrected chi connectivity index (χ0v) is 16.7. The van der Waals surface area contributed by atoms with Crippen LogP contribution < -0.4 is 10.0 Å². The summed E-state index contributed by atoms with van der Waals surface area (Å²) in [5.41, 5.74) is 0.869. The van der Waals surface area contributed by atoms with E-state index in [-0.39, 0.29) is 39.7 Å². The summed E-state index contributed by atoms with van der Waals surface area (Å²) in [5.74, 6) is 0.227. The van der Waals surface area contributed by atoms with Crippen LogP contribution in [-0.2, 0) is 19.9 Å². The number of halogens is 1. The number of aryl methyl sites for hydroxylation is 1. The molecule has 0 bridgehead atoms. The number of benzene rings is 1. The molecule has 24 heavy (non-hydrogen) atoms. The number of sulfonamides is 1. The molecule has 2 rings (SSSR count). The van der Waals surface area contributed by atoms with Crippen molar-refractivity contribution in [1.29, 1.82) is 0 Å². The van der Waals surface area contributed by atoms with E-state index >= 15 is 0 Å². The topological polar surface area (TPSA) is 92.3 Å². The monoisotopic (exact) mass is 396 g/mol. The second-order valence-corrected chi connectivity index (χ2v) is 10.0.